The number of hydrogen-bond acceptors (Lipinski definition) is 4. The van der Waals surface area contributed by atoms with Gasteiger partial charge in [-0.15, -0.1) is 0 Å². The average Bonchev–Trinajstić information content (AvgIpc) is 2.31. The summed E-state index contributed by atoms with van der Waals surface area (Å²) >= 11 is 1.67. The second-order valence-corrected chi connectivity index (χ2v) is 5.80. The summed E-state index contributed by atoms with van der Waals surface area (Å²) < 4.78 is 13.7. The number of carbonyl (C=O) groups is 1. The van der Waals surface area contributed by atoms with Gasteiger partial charge in [-0.1, -0.05) is 13.8 Å². The molecule has 0 saturated carbocycles. The molecule has 0 saturated heterocycles. The number of hydrogen-bond donors (Lipinski definition) is 2. The van der Waals surface area contributed by atoms with E-state index in [0.717, 1.165) is 12.1 Å². The summed E-state index contributed by atoms with van der Waals surface area (Å²) in [5.41, 5.74) is -0.278. The Balaban J connectivity index is 3.14. The summed E-state index contributed by atoms with van der Waals surface area (Å²) in [4.78, 5) is 21.2. The lowest BCUT2D eigenvalue weighted by Gasteiger charge is -2.21. The zero-order valence-corrected chi connectivity index (χ0v) is 13.0. The monoisotopic (exact) mass is 396 g/mol. The number of nitro benzene ring substituents is 1. The van der Waals surface area contributed by atoms with Crippen LogP contribution in [0.2, 0.25) is 0 Å². The fraction of sp³-hybridized carbons (Fsp3) is 0.417. The van der Waals surface area contributed by atoms with E-state index in [1.165, 1.54) is 0 Å². The summed E-state index contributed by atoms with van der Waals surface area (Å²) in [7, 11) is 0. The van der Waals surface area contributed by atoms with Crippen molar-refractivity contribution in [3.63, 3.8) is 0 Å². The van der Waals surface area contributed by atoms with E-state index in [2.05, 4.69) is 5.32 Å². The third-order valence-corrected chi connectivity index (χ3v) is 3.60. The highest BCUT2D eigenvalue weighted by Crippen LogP contribution is 2.30. The van der Waals surface area contributed by atoms with Crippen LogP contribution in [-0.2, 0) is 4.79 Å². The molecule has 0 aliphatic rings. The van der Waals surface area contributed by atoms with Gasteiger partial charge >= 0.3 is 5.97 Å². The lowest BCUT2D eigenvalue weighted by molar-refractivity contribution is -0.384. The van der Waals surface area contributed by atoms with Crippen molar-refractivity contribution in [2.45, 2.75) is 26.3 Å². The van der Waals surface area contributed by atoms with Crippen molar-refractivity contribution in [2.75, 3.05) is 5.32 Å². The third kappa shape index (κ3) is 4.29. The van der Waals surface area contributed by atoms with Crippen LogP contribution >= 0.6 is 22.6 Å². The number of nitro groups is 1. The van der Waals surface area contributed by atoms with Crippen molar-refractivity contribution < 1.29 is 19.2 Å². The van der Waals surface area contributed by atoms with Crippen LogP contribution in [0.5, 0.6) is 0 Å². The van der Waals surface area contributed by atoms with Crippen LogP contribution in [0.4, 0.5) is 15.8 Å². The van der Waals surface area contributed by atoms with Crippen LogP contribution in [0, 0.1) is 25.4 Å². The number of rotatable bonds is 6. The van der Waals surface area contributed by atoms with Crippen molar-refractivity contribution in [3.8, 4) is 0 Å². The van der Waals surface area contributed by atoms with Crippen LogP contribution in [0.15, 0.2) is 12.1 Å². The second-order valence-electron chi connectivity index (χ2n) is 4.63. The minimum absolute atomic E-state index is 0.00661. The number of carboxylic acids is 1. The summed E-state index contributed by atoms with van der Waals surface area (Å²) in [6, 6.07) is 1.62. The van der Waals surface area contributed by atoms with Crippen LogP contribution in [-0.4, -0.2) is 22.0 Å². The topological polar surface area (TPSA) is 92.5 Å². The first kappa shape index (κ1) is 16.6. The van der Waals surface area contributed by atoms with Crippen LogP contribution in [0.25, 0.3) is 0 Å². The number of nitrogens with one attached hydrogen (secondary N) is 1. The van der Waals surface area contributed by atoms with Crippen molar-refractivity contribution in [1.29, 1.82) is 0 Å². The largest absolute Gasteiger partial charge is 0.481 e. The van der Waals surface area contributed by atoms with Gasteiger partial charge in [-0.05, 0) is 28.5 Å². The molecule has 1 aromatic rings. The van der Waals surface area contributed by atoms with E-state index >= 15 is 0 Å². The molecule has 0 aliphatic carbocycles. The Labute approximate surface area is 128 Å². The van der Waals surface area contributed by atoms with Gasteiger partial charge in [0.2, 0.25) is 0 Å². The molecule has 0 aliphatic heterocycles. The summed E-state index contributed by atoms with van der Waals surface area (Å²) in [5.74, 6) is -1.69. The third-order valence-electron chi connectivity index (χ3n) is 2.78. The number of halogens is 2. The zero-order chi connectivity index (χ0) is 15.4. The Kier molecular flexibility index (Phi) is 5.66. The highest BCUT2D eigenvalue weighted by molar-refractivity contribution is 14.1. The molecule has 110 valence electrons. The smallest absolute Gasteiger partial charge is 0.305 e. The molecule has 0 fully saturated rings. The van der Waals surface area contributed by atoms with Gasteiger partial charge in [0.25, 0.3) is 5.69 Å². The molecule has 0 aromatic heterocycles. The maximum atomic E-state index is 13.6. The molecule has 20 heavy (non-hydrogen) atoms. The first-order valence-corrected chi connectivity index (χ1v) is 6.92. The Morgan fingerprint density at radius 3 is 2.60 bits per heavy atom. The van der Waals surface area contributed by atoms with Crippen LogP contribution < -0.4 is 5.32 Å². The van der Waals surface area contributed by atoms with Gasteiger partial charge in [-0.3, -0.25) is 14.9 Å². The summed E-state index contributed by atoms with van der Waals surface area (Å²) in [5, 5.41) is 22.6. The molecule has 0 heterocycles. The molecule has 0 bridgehead atoms. The molecule has 1 rings (SSSR count). The van der Waals surface area contributed by atoms with Gasteiger partial charge in [0.1, 0.15) is 11.5 Å². The van der Waals surface area contributed by atoms with Crippen molar-refractivity contribution in [1.82, 2.24) is 0 Å². The second kappa shape index (κ2) is 6.82. The lowest BCUT2D eigenvalue weighted by atomic mass is 10.0. The fourth-order valence-electron chi connectivity index (χ4n) is 1.64. The summed E-state index contributed by atoms with van der Waals surface area (Å²) in [6.07, 6.45) is -0.206. The maximum absolute atomic E-state index is 13.6. The highest BCUT2D eigenvalue weighted by Gasteiger charge is 2.23. The van der Waals surface area contributed by atoms with E-state index in [9.17, 15) is 19.3 Å². The van der Waals surface area contributed by atoms with Crippen molar-refractivity contribution in [3.05, 3.63) is 31.6 Å². The van der Waals surface area contributed by atoms with E-state index < -0.39 is 22.8 Å². The minimum Gasteiger partial charge on any atom is -0.481 e. The Morgan fingerprint density at radius 2 is 2.15 bits per heavy atom. The fourth-order valence-corrected chi connectivity index (χ4v) is 2.09. The highest BCUT2D eigenvalue weighted by atomic mass is 127. The minimum atomic E-state index is -1.02. The Bertz CT molecular complexity index is 536. The molecule has 2 N–H and O–H groups in total. The van der Waals surface area contributed by atoms with E-state index in [0.29, 0.717) is 0 Å². The number of anilines is 1. The number of carboxylic acid groups (broad SMARTS) is 1. The number of benzene rings is 1. The molecule has 8 heteroatoms. The molecule has 1 atom stereocenters. The molecule has 1 unspecified atom stereocenters. The normalized spacial score (nSPS) is 12.2. The molecule has 1 aromatic carbocycles. The van der Waals surface area contributed by atoms with Gasteiger partial charge in [0.15, 0.2) is 0 Å². The lowest BCUT2D eigenvalue weighted by Crippen LogP contribution is -2.29. The zero-order valence-electron chi connectivity index (χ0n) is 10.9. The summed E-state index contributed by atoms with van der Waals surface area (Å²) in [6.45, 7) is 3.57. The molecule has 0 spiro atoms. The molecular formula is C12H14FIN2O4. The van der Waals surface area contributed by atoms with Gasteiger partial charge in [0, 0.05) is 18.2 Å². The molecule has 0 radical (unpaired) electrons. The predicted octanol–water partition coefficient (Wildman–Crippen LogP) is 3.25. The van der Waals surface area contributed by atoms with Crippen LogP contribution in [0.3, 0.4) is 0 Å². The van der Waals surface area contributed by atoms with Crippen molar-refractivity contribution in [2.24, 2.45) is 5.92 Å². The maximum Gasteiger partial charge on any atom is 0.305 e. The van der Waals surface area contributed by atoms with Gasteiger partial charge in [0.05, 0.1) is 14.9 Å². The van der Waals surface area contributed by atoms with Crippen molar-refractivity contribution >= 4 is 39.9 Å². The van der Waals surface area contributed by atoms with E-state index in [-0.39, 0.29) is 27.3 Å². The Morgan fingerprint density at radius 1 is 1.55 bits per heavy atom. The van der Waals surface area contributed by atoms with E-state index in [4.69, 9.17) is 5.11 Å². The first-order chi connectivity index (χ1) is 9.22. The van der Waals surface area contributed by atoms with Gasteiger partial charge < -0.3 is 10.4 Å². The molecule has 0 amide bonds. The van der Waals surface area contributed by atoms with Gasteiger partial charge in [-0.2, -0.15) is 0 Å². The quantitative estimate of drug-likeness (QED) is 0.438. The number of aliphatic carboxylic acids is 1. The van der Waals surface area contributed by atoms with Crippen LogP contribution in [0.1, 0.15) is 20.3 Å². The average molecular weight is 396 g/mol. The van der Waals surface area contributed by atoms with E-state index in [1.807, 2.05) is 0 Å². The standard InChI is InChI=1S/C12H14FIN2O4/c1-6(2)9(5-12(17)18)15-10-3-7(13)8(14)4-11(10)16(19)20/h3-4,6,9,15H,5H2,1-2H3,(H,17,18). The molecular weight excluding hydrogens is 382 g/mol. The number of nitrogens with zero attached hydrogens (tertiary/aromatic N) is 1. The predicted molar refractivity (Wildman–Crippen MR) is 80.3 cm³/mol. The van der Waals surface area contributed by atoms with E-state index in [1.54, 1.807) is 36.4 Å². The van der Waals surface area contributed by atoms with Gasteiger partial charge in [-0.25, -0.2) is 4.39 Å². The Hall–Kier alpha value is -1.45. The SMILES string of the molecule is CC(C)C(CC(=O)O)Nc1cc(F)c(I)cc1[N+](=O)[O-]. The molecule has 6 nitrogen and oxygen atoms in total. The first-order valence-electron chi connectivity index (χ1n) is 5.84.